The Hall–Kier alpha value is -1.03. The zero-order valence-electron chi connectivity index (χ0n) is 20.6. The number of allylic oxidation sites excluding steroid dienone is 6. The summed E-state index contributed by atoms with van der Waals surface area (Å²) in [7, 11) is 0. The minimum Gasteiger partial charge on any atom is -0.393 e. The van der Waals surface area contributed by atoms with Crippen LogP contribution in [-0.4, -0.2) is 27.2 Å². The van der Waals surface area contributed by atoms with E-state index in [1.807, 2.05) is 19.9 Å². The lowest BCUT2D eigenvalue weighted by molar-refractivity contribution is 0.0824. The van der Waals surface area contributed by atoms with Crippen LogP contribution in [0.2, 0.25) is 0 Å². The maximum Gasteiger partial charge on any atom is 0.0822 e. The number of hydrogen-bond donors (Lipinski definition) is 3. The van der Waals surface area contributed by atoms with Gasteiger partial charge in [-0.05, 0) is 86.2 Å². The van der Waals surface area contributed by atoms with Gasteiger partial charge in [0, 0.05) is 5.25 Å². The lowest BCUT2D eigenvalue weighted by atomic mass is 9.62. The Morgan fingerprint density at radius 1 is 1.31 bits per heavy atom. The van der Waals surface area contributed by atoms with Gasteiger partial charge in [-0.2, -0.15) is 12.6 Å². The van der Waals surface area contributed by atoms with Gasteiger partial charge in [0.1, 0.15) is 0 Å². The summed E-state index contributed by atoms with van der Waals surface area (Å²) < 4.78 is 0. The van der Waals surface area contributed by atoms with E-state index in [4.69, 9.17) is 0 Å². The molecule has 2 saturated carbocycles. The largest absolute Gasteiger partial charge is 0.393 e. The van der Waals surface area contributed by atoms with Gasteiger partial charge in [0.2, 0.25) is 0 Å². The van der Waals surface area contributed by atoms with Crippen molar-refractivity contribution in [2.75, 3.05) is 0 Å². The summed E-state index contributed by atoms with van der Waals surface area (Å²) >= 11 is 4.61. The molecule has 2 nitrogen and oxygen atoms in total. The Morgan fingerprint density at radius 2 is 2.03 bits per heavy atom. The number of aliphatic hydroxyl groups is 2. The highest BCUT2D eigenvalue weighted by Crippen LogP contribution is 2.57. The van der Waals surface area contributed by atoms with E-state index >= 15 is 0 Å². The number of fused-ring (bicyclic) bond motifs is 1. The second-order valence-electron chi connectivity index (χ2n) is 10.6. The summed E-state index contributed by atoms with van der Waals surface area (Å²) in [6, 6.07) is 0. The normalized spacial score (nSPS) is 34.9. The van der Waals surface area contributed by atoms with Crippen LogP contribution >= 0.6 is 12.6 Å². The molecular weight excluding hydrogens is 412 g/mol. The molecule has 178 valence electrons. The second-order valence-corrected chi connectivity index (χ2v) is 11.3. The molecule has 3 heteroatoms. The third-order valence-corrected chi connectivity index (χ3v) is 9.07. The van der Waals surface area contributed by atoms with E-state index in [0.29, 0.717) is 24.7 Å². The molecule has 2 N–H and O–H groups in total. The van der Waals surface area contributed by atoms with Crippen LogP contribution in [0.4, 0.5) is 0 Å². The highest BCUT2D eigenvalue weighted by molar-refractivity contribution is 7.81. The Morgan fingerprint density at radius 3 is 2.72 bits per heavy atom. The molecule has 0 spiro atoms. The van der Waals surface area contributed by atoms with Gasteiger partial charge >= 0.3 is 0 Å². The Bertz CT molecular complexity index is 813. The first kappa shape index (κ1) is 25.6. The van der Waals surface area contributed by atoms with Crippen molar-refractivity contribution in [2.24, 2.45) is 17.3 Å². The van der Waals surface area contributed by atoms with Crippen molar-refractivity contribution in [2.45, 2.75) is 102 Å². The lowest BCUT2D eigenvalue weighted by Gasteiger charge is -2.42. The molecule has 32 heavy (non-hydrogen) atoms. The quantitative estimate of drug-likeness (QED) is 0.282. The Labute approximate surface area is 201 Å². The van der Waals surface area contributed by atoms with Gasteiger partial charge in [0.15, 0.2) is 0 Å². The fraction of sp³-hybridized carbons (Fsp3) is 0.655. The van der Waals surface area contributed by atoms with E-state index in [1.165, 1.54) is 19.3 Å². The van der Waals surface area contributed by atoms with Crippen LogP contribution < -0.4 is 0 Å². The molecule has 0 saturated heterocycles. The molecule has 3 aliphatic rings. The Kier molecular flexibility index (Phi) is 8.39. The van der Waals surface area contributed by atoms with Crippen LogP contribution in [0.25, 0.3) is 0 Å². The standard InChI is InChI=1S/C29H44O2S/c1-6-29(31,7-2)17-8-10-20(3)25-14-15-26-22(11-9-16-28(25,26)5)12-13-23-18-24(30)19-27(32)21(23)4/h8,12-14,17,20,24,26-27,30-32H,4,6-7,9-11,15-16,18-19H2,1-3,5H3/b17-8+,22-12+,23-13-. The number of rotatable bonds is 7. The van der Waals surface area contributed by atoms with Crippen molar-refractivity contribution >= 4 is 12.6 Å². The molecular formula is C29H44O2S. The highest BCUT2D eigenvalue weighted by Gasteiger charge is 2.45. The third-order valence-electron chi connectivity index (χ3n) is 8.55. The molecule has 3 rings (SSSR count). The van der Waals surface area contributed by atoms with E-state index in [1.54, 1.807) is 11.1 Å². The average Bonchev–Trinajstić information content (AvgIpc) is 3.12. The predicted octanol–water partition coefficient (Wildman–Crippen LogP) is 7.12. The van der Waals surface area contributed by atoms with E-state index in [0.717, 1.165) is 36.8 Å². The van der Waals surface area contributed by atoms with Gasteiger partial charge in [-0.1, -0.05) is 75.8 Å². The molecule has 0 radical (unpaired) electrons. The van der Waals surface area contributed by atoms with Crippen molar-refractivity contribution < 1.29 is 10.2 Å². The lowest BCUT2D eigenvalue weighted by Crippen LogP contribution is -2.32. The molecule has 0 amide bonds. The maximum atomic E-state index is 10.6. The summed E-state index contributed by atoms with van der Waals surface area (Å²) in [4.78, 5) is 0. The first-order valence-corrected chi connectivity index (χ1v) is 13.2. The summed E-state index contributed by atoms with van der Waals surface area (Å²) in [5.74, 6) is 1.07. The third kappa shape index (κ3) is 5.37. The Balaban J connectivity index is 1.73. The fourth-order valence-corrected chi connectivity index (χ4v) is 6.59. The minimum atomic E-state index is -0.660. The first-order valence-electron chi connectivity index (χ1n) is 12.7. The van der Waals surface area contributed by atoms with Gasteiger partial charge in [-0.25, -0.2) is 0 Å². The molecule has 5 unspecified atom stereocenters. The summed E-state index contributed by atoms with van der Waals surface area (Å²) in [6.45, 7) is 13.1. The minimum absolute atomic E-state index is 0.0618. The number of thiol groups is 1. The van der Waals surface area contributed by atoms with E-state index in [-0.39, 0.29) is 16.8 Å². The van der Waals surface area contributed by atoms with Crippen molar-refractivity contribution in [1.29, 1.82) is 0 Å². The van der Waals surface area contributed by atoms with Crippen molar-refractivity contribution in [1.82, 2.24) is 0 Å². The SMILES string of the molecule is C=C1/C(=C\C=C2/CCCC3(C)C(C(C)C/C=C/C(O)(CC)CC)=CCC23)CC(O)CC1S. The van der Waals surface area contributed by atoms with Crippen molar-refractivity contribution in [3.05, 3.63) is 59.3 Å². The van der Waals surface area contributed by atoms with E-state index in [9.17, 15) is 10.2 Å². The van der Waals surface area contributed by atoms with Crippen molar-refractivity contribution in [3.8, 4) is 0 Å². The smallest absolute Gasteiger partial charge is 0.0822 e. The first-order chi connectivity index (χ1) is 15.1. The molecule has 0 bridgehead atoms. The zero-order chi connectivity index (χ0) is 23.5. The van der Waals surface area contributed by atoms with Crippen LogP contribution in [0, 0.1) is 17.3 Å². The molecule has 3 aliphatic carbocycles. The van der Waals surface area contributed by atoms with Gasteiger partial charge in [0.05, 0.1) is 11.7 Å². The van der Waals surface area contributed by atoms with Gasteiger partial charge < -0.3 is 10.2 Å². The fourth-order valence-electron chi connectivity index (χ4n) is 6.19. The van der Waals surface area contributed by atoms with Crippen LogP contribution in [0.15, 0.2) is 59.3 Å². The molecule has 0 aromatic heterocycles. The summed E-state index contributed by atoms with van der Waals surface area (Å²) in [5, 5.41) is 20.8. The molecule has 0 aliphatic heterocycles. The molecule has 2 fully saturated rings. The monoisotopic (exact) mass is 456 g/mol. The average molecular weight is 457 g/mol. The number of aliphatic hydroxyl groups excluding tert-OH is 1. The topological polar surface area (TPSA) is 40.5 Å². The van der Waals surface area contributed by atoms with Gasteiger partial charge in [-0.3, -0.25) is 0 Å². The summed E-state index contributed by atoms with van der Waals surface area (Å²) in [5.41, 5.74) is 4.96. The molecule has 0 heterocycles. The molecule has 5 atom stereocenters. The van der Waals surface area contributed by atoms with Crippen LogP contribution in [0.3, 0.4) is 0 Å². The molecule has 0 aromatic carbocycles. The maximum absolute atomic E-state index is 10.6. The number of hydrogen-bond acceptors (Lipinski definition) is 3. The van der Waals surface area contributed by atoms with Crippen molar-refractivity contribution in [3.63, 3.8) is 0 Å². The van der Waals surface area contributed by atoms with Crippen LogP contribution in [0.1, 0.15) is 85.5 Å². The summed E-state index contributed by atoms with van der Waals surface area (Å²) in [6.07, 6.45) is 19.7. The zero-order valence-corrected chi connectivity index (χ0v) is 21.5. The van der Waals surface area contributed by atoms with Crippen LogP contribution in [0.5, 0.6) is 0 Å². The van der Waals surface area contributed by atoms with Crippen LogP contribution in [-0.2, 0) is 0 Å². The highest BCUT2D eigenvalue weighted by atomic mass is 32.1. The second kappa shape index (κ2) is 10.5. The predicted molar refractivity (Wildman–Crippen MR) is 140 cm³/mol. The van der Waals surface area contributed by atoms with Gasteiger partial charge in [-0.15, -0.1) is 0 Å². The molecule has 0 aromatic rings. The van der Waals surface area contributed by atoms with E-state index in [2.05, 4.69) is 57.4 Å². The van der Waals surface area contributed by atoms with E-state index < -0.39 is 5.60 Å². The van der Waals surface area contributed by atoms with Gasteiger partial charge in [0.25, 0.3) is 0 Å².